The molecule has 2 heterocycles. The van der Waals surface area contributed by atoms with E-state index in [4.69, 9.17) is 32.5 Å². The van der Waals surface area contributed by atoms with Crippen molar-refractivity contribution in [1.82, 2.24) is 20.1 Å². The van der Waals surface area contributed by atoms with Crippen molar-refractivity contribution in [1.29, 1.82) is 0 Å². The number of hydrogen-bond acceptors (Lipinski definition) is 6. The van der Waals surface area contributed by atoms with Gasteiger partial charge in [-0.2, -0.15) is 4.98 Å². The Morgan fingerprint density at radius 2 is 1.88 bits per heavy atom. The second-order valence-electron chi connectivity index (χ2n) is 5.13. The lowest BCUT2D eigenvalue weighted by Crippen LogP contribution is -1.99. The first-order valence-electron chi connectivity index (χ1n) is 7.31. The van der Waals surface area contributed by atoms with Gasteiger partial charge < -0.3 is 9.26 Å². The summed E-state index contributed by atoms with van der Waals surface area (Å²) in [6.07, 6.45) is 1.38. The van der Waals surface area contributed by atoms with Crippen LogP contribution < -0.4 is 4.74 Å². The maximum absolute atomic E-state index is 6.15. The third-order valence-electron chi connectivity index (χ3n) is 3.45. The molecule has 124 valence electrons. The van der Waals surface area contributed by atoms with Crippen molar-refractivity contribution in [2.45, 2.75) is 6.61 Å². The van der Waals surface area contributed by atoms with Crippen LogP contribution in [-0.2, 0) is 6.61 Å². The number of nitrogens with zero attached hydrogens (tertiary/aromatic N) is 4. The third kappa shape index (κ3) is 3.26. The van der Waals surface area contributed by atoms with Crippen molar-refractivity contribution in [2.24, 2.45) is 0 Å². The smallest absolute Gasteiger partial charge is 0.264 e. The van der Waals surface area contributed by atoms with E-state index in [1.54, 1.807) is 12.1 Å². The van der Waals surface area contributed by atoms with E-state index in [0.29, 0.717) is 38.5 Å². The Kier molecular flexibility index (Phi) is 4.21. The average molecular weight is 373 g/mol. The lowest BCUT2D eigenvalue weighted by Gasteiger charge is -2.07. The van der Waals surface area contributed by atoms with Gasteiger partial charge in [0.2, 0.25) is 11.7 Å². The van der Waals surface area contributed by atoms with Crippen LogP contribution in [0.5, 0.6) is 5.88 Å². The van der Waals surface area contributed by atoms with Crippen LogP contribution >= 0.6 is 23.2 Å². The van der Waals surface area contributed by atoms with Gasteiger partial charge in [-0.3, -0.25) is 0 Å². The highest BCUT2D eigenvalue weighted by atomic mass is 35.5. The first kappa shape index (κ1) is 15.8. The second-order valence-corrected chi connectivity index (χ2v) is 5.97. The summed E-state index contributed by atoms with van der Waals surface area (Å²) in [4.78, 5) is 12.6. The zero-order chi connectivity index (χ0) is 17.2. The SMILES string of the molecule is Clc1cc(Cl)c2ncnc(OCc3nc(-c4ccccc4)no3)c2c1. The van der Waals surface area contributed by atoms with E-state index >= 15 is 0 Å². The van der Waals surface area contributed by atoms with Crippen LogP contribution in [0.15, 0.2) is 53.3 Å². The molecule has 0 bridgehead atoms. The van der Waals surface area contributed by atoms with Gasteiger partial charge in [0.15, 0.2) is 6.61 Å². The molecule has 8 heteroatoms. The van der Waals surface area contributed by atoms with Crippen molar-refractivity contribution in [3.63, 3.8) is 0 Å². The van der Waals surface area contributed by atoms with Gasteiger partial charge in [0.25, 0.3) is 5.89 Å². The maximum Gasteiger partial charge on any atom is 0.264 e. The summed E-state index contributed by atoms with van der Waals surface area (Å²) in [5.41, 5.74) is 1.43. The third-order valence-corrected chi connectivity index (χ3v) is 3.96. The molecule has 4 rings (SSSR count). The minimum absolute atomic E-state index is 0.0656. The standard InChI is InChI=1S/C17H10Cl2N4O2/c18-11-6-12-15(13(19)7-11)20-9-21-17(12)24-8-14-22-16(23-25-14)10-4-2-1-3-5-10/h1-7,9H,8H2. The summed E-state index contributed by atoms with van der Waals surface area (Å²) in [5, 5.41) is 5.46. The molecule has 2 aromatic heterocycles. The molecule has 0 fully saturated rings. The predicted octanol–water partition coefficient (Wildman–Crippen LogP) is 4.57. The molecule has 2 aromatic carbocycles. The fourth-order valence-electron chi connectivity index (χ4n) is 2.33. The molecule has 0 spiro atoms. The first-order chi connectivity index (χ1) is 12.2. The largest absolute Gasteiger partial charge is 0.467 e. The molecule has 0 radical (unpaired) electrons. The van der Waals surface area contributed by atoms with Crippen molar-refractivity contribution in [2.75, 3.05) is 0 Å². The number of rotatable bonds is 4. The fraction of sp³-hybridized carbons (Fsp3) is 0.0588. The van der Waals surface area contributed by atoms with Crippen LogP contribution in [0.3, 0.4) is 0 Å². The molecular formula is C17H10Cl2N4O2. The van der Waals surface area contributed by atoms with E-state index in [2.05, 4.69) is 20.1 Å². The van der Waals surface area contributed by atoms with Gasteiger partial charge in [-0.05, 0) is 12.1 Å². The molecule has 6 nitrogen and oxygen atoms in total. The average Bonchev–Trinajstić information content (AvgIpc) is 3.10. The van der Waals surface area contributed by atoms with Gasteiger partial charge in [-0.25, -0.2) is 9.97 Å². The molecule has 0 N–H and O–H groups in total. The van der Waals surface area contributed by atoms with E-state index in [1.165, 1.54) is 6.33 Å². The topological polar surface area (TPSA) is 73.9 Å². The molecule has 25 heavy (non-hydrogen) atoms. The molecule has 0 aliphatic heterocycles. The number of aromatic nitrogens is 4. The van der Waals surface area contributed by atoms with Crippen LogP contribution in [0.25, 0.3) is 22.3 Å². The highest BCUT2D eigenvalue weighted by Gasteiger charge is 2.13. The minimum Gasteiger partial charge on any atom is -0.467 e. The van der Waals surface area contributed by atoms with Crippen LogP contribution in [0, 0.1) is 0 Å². The zero-order valence-corrected chi connectivity index (χ0v) is 14.2. The van der Waals surface area contributed by atoms with Crippen molar-refractivity contribution < 1.29 is 9.26 Å². The molecule has 0 amide bonds. The number of ether oxygens (including phenoxy) is 1. The van der Waals surface area contributed by atoms with Crippen LogP contribution in [0.2, 0.25) is 10.0 Å². The first-order valence-corrected chi connectivity index (χ1v) is 8.07. The molecular weight excluding hydrogens is 363 g/mol. The Hall–Kier alpha value is -2.70. The Morgan fingerprint density at radius 1 is 1.04 bits per heavy atom. The van der Waals surface area contributed by atoms with Crippen molar-refractivity contribution in [3.05, 3.63) is 64.7 Å². The van der Waals surface area contributed by atoms with Gasteiger partial charge in [0.1, 0.15) is 6.33 Å². The van der Waals surface area contributed by atoms with E-state index in [-0.39, 0.29) is 6.61 Å². The quantitative estimate of drug-likeness (QED) is 0.522. The van der Waals surface area contributed by atoms with Gasteiger partial charge >= 0.3 is 0 Å². The van der Waals surface area contributed by atoms with Gasteiger partial charge in [-0.15, -0.1) is 0 Å². The number of halogens is 2. The monoisotopic (exact) mass is 372 g/mol. The van der Waals surface area contributed by atoms with Gasteiger partial charge in [0, 0.05) is 10.6 Å². The Bertz CT molecular complexity index is 1040. The zero-order valence-electron chi connectivity index (χ0n) is 12.7. The van der Waals surface area contributed by atoms with Crippen LogP contribution in [0.1, 0.15) is 5.89 Å². The van der Waals surface area contributed by atoms with E-state index in [9.17, 15) is 0 Å². The maximum atomic E-state index is 6.15. The highest BCUT2D eigenvalue weighted by Crippen LogP contribution is 2.31. The molecule has 0 saturated heterocycles. The highest BCUT2D eigenvalue weighted by molar-refractivity contribution is 6.38. The lowest BCUT2D eigenvalue weighted by atomic mass is 10.2. The molecule has 0 atom stereocenters. The Morgan fingerprint density at radius 3 is 2.72 bits per heavy atom. The van der Waals surface area contributed by atoms with E-state index in [0.717, 1.165) is 5.56 Å². The normalized spacial score (nSPS) is 11.0. The van der Waals surface area contributed by atoms with Crippen molar-refractivity contribution >= 4 is 34.1 Å². The molecule has 0 aliphatic rings. The van der Waals surface area contributed by atoms with Gasteiger partial charge in [0.05, 0.1) is 15.9 Å². The number of fused-ring (bicyclic) bond motifs is 1. The van der Waals surface area contributed by atoms with E-state index in [1.807, 2.05) is 30.3 Å². The molecule has 0 saturated carbocycles. The lowest BCUT2D eigenvalue weighted by molar-refractivity contribution is 0.238. The van der Waals surface area contributed by atoms with E-state index < -0.39 is 0 Å². The predicted molar refractivity (Wildman–Crippen MR) is 93.6 cm³/mol. The fourth-order valence-corrected chi connectivity index (χ4v) is 2.87. The molecule has 0 aliphatic carbocycles. The summed E-state index contributed by atoms with van der Waals surface area (Å²) in [7, 11) is 0. The van der Waals surface area contributed by atoms with Crippen molar-refractivity contribution in [3.8, 4) is 17.3 Å². The Balaban J connectivity index is 1.58. The summed E-state index contributed by atoms with van der Waals surface area (Å²) in [6.45, 7) is 0.0656. The number of benzene rings is 2. The molecule has 0 unspecified atom stereocenters. The number of hydrogen-bond donors (Lipinski definition) is 0. The van der Waals surface area contributed by atoms with Gasteiger partial charge in [-0.1, -0.05) is 58.7 Å². The summed E-state index contributed by atoms with van der Waals surface area (Å²) >= 11 is 12.2. The molecule has 4 aromatic rings. The second kappa shape index (κ2) is 6.66. The minimum atomic E-state index is 0.0656. The van der Waals surface area contributed by atoms with Crippen LogP contribution in [-0.4, -0.2) is 20.1 Å². The summed E-state index contributed by atoms with van der Waals surface area (Å²) in [5.74, 6) is 1.17. The summed E-state index contributed by atoms with van der Waals surface area (Å²) < 4.78 is 10.9. The summed E-state index contributed by atoms with van der Waals surface area (Å²) in [6, 6.07) is 12.8. The van der Waals surface area contributed by atoms with Crippen LogP contribution in [0.4, 0.5) is 0 Å². The Labute approximate surface area is 152 Å².